The first-order valence-electron chi connectivity index (χ1n) is 6.02. The quantitative estimate of drug-likeness (QED) is 0.775. The van der Waals surface area contributed by atoms with Crippen molar-refractivity contribution in [2.75, 3.05) is 6.54 Å². The first-order valence-corrected chi connectivity index (χ1v) is 6.02. The van der Waals surface area contributed by atoms with E-state index in [4.69, 9.17) is 9.52 Å². The van der Waals surface area contributed by atoms with Gasteiger partial charge in [-0.05, 0) is 18.1 Å². The summed E-state index contributed by atoms with van der Waals surface area (Å²) in [5.41, 5.74) is 0. The summed E-state index contributed by atoms with van der Waals surface area (Å²) in [7, 11) is 0. The van der Waals surface area contributed by atoms with Gasteiger partial charge in [0.15, 0.2) is 0 Å². The lowest BCUT2D eigenvalue weighted by Gasteiger charge is -2.16. The minimum Gasteiger partial charge on any atom is -0.481 e. The number of carboxylic acids is 1. The molecule has 0 fully saturated rings. The number of carboxylic acid groups (broad SMARTS) is 1. The Morgan fingerprint density at radius 3 is 2.67 bits per heavy atom. The van der Waals surface area contributed by atoms with Gasteiger partial charge in [-0.1, -0.05) is 13.8 Å². The van der Waals surface area contributed by atoms with Crippen LogP contribution in [-0.4, -0.2) is 23.5 Å². The van der Waals surface area contributed by atoms with Crippen LogP contribution in [0.2, 0.25) is 0 Å². The summed E-state index contributed by atoms with van der Waals surface area (Å²) < 4.78 is 5.11. The second-order valence-electron chi connectivity index (χ2n) is 4.57. The van der Waals surface area contributed by atoms with E-state index in [9.17, 15) is 9.59 Å². The molecule has 1 aromatic rings. The molecule has 0 radical (unpaired) electrons. The zero-order chi connectivity index (χ0) is 13.5. The van der Waals surface area contributed by atoms with Crippen molar-refractivity contribution in [3.05, 3.63) is 24.2 Å². The zero-order valence-electron chi connectivity index (χ0n) is 10.7. The molecule has 0 aliphatic rings. The molecule has 0 saturated heterocycles. The molecule has 0 aliphatic heterocycles. The predicted molar refractivity (Wildman–Crippen MR) is 66.0 cm³/mol. The molecule has 0 bridgehead atoms. The fourth-order valence-corrected chi connectivity index (χ4v) is 1.61. The van der Waals surface area contributed by atoms with Crippen molar-refractivity contribution in [3.63, 3.8) is 0 Å². The summed E-state index contributed by atoms with van der Waals surface area (Å²) >= 11 is 0. The smallest absolute Gasteiger partial charge is 0.308 e. The van der Waals surface area contributed by atoms with Crippen molar-refractivity contribution in [2.24, 2.45) is 11.8 Å². The maximum atomic E-state index is 11.5. The molecule has 1 unspecified atom stereocenters. The lowest BCUT2D eigenvalue weighted by molar-refractivity contribution is -0.143. The van der Waals surface area contributed by atoms with Crippen LogP contribution in [0.1, 0.15) is 26.0 Å². The molecule has 100 valence electrons. The van der Waals surface area contributed by atoms with Gasteiger partial charge >= 0.3 is 5.97 Å². The van der Waals surface area contributed by atoms with E-state index in [1.165, 1.54) is 0 Å². The Kier molecular flexibility index (Phi) is 5.42. The van der Waals surface area contributed by atoms with Crippen LogP contribution in [0.4, 0.5) is 0 Å². The highest BCUT2D eigenvalue weighted by molar-refractivity contribution is 5.77. The van der Waals surface area contributed by atoms with Gasteiger partial charge in [0.05, 0.1) is 12.2 Å². The highest BCUT2D eigenvalue weighted by Gasteiger charge is 2.21. The zero-order valence-corrected chi connectivity index (χ0v) is 10.7. The molecule has 1 aromatic heterocycles. The molecular formula is C13H19NO4. The summed E-state index contributed by atoms with van der Waals surface area (Å²) in [6.45, 7) is 3.82. The molecule has 1 amide bonds. The third kappa shape index (κ3) is 4.61. The molecular weight excluding hydrogens is 234 g/mol. The van der Waals surface area contributed by atoms with Crippen LogP contribution in [0.15, 0.2) is 22.8 Å². The SMILES string of the molecule is CC(C)C(CNC(=O)CCc1ccco1)C(=O)O. The molecule has 1 rings (SSSR count). The summed E-state index contributed by atoms with van der Waals surface area (Å²) in [5.74, 6) is -0.830. The number of rotatable bonds is 7. The number of amides is 1. The van der Waals surface area contributed by atoms with Gasteiger partial charge in [0.1, 0.15) is 5.76 Å². The Morgan fingerprint density at radius 2 is 2.17 bits per heavy atom. The van der Waals surface area contributed by atoms with Gasteiger partial charge in [0.2, 0.25) is 5.91 Å². The maximum Gasteiger partial charge on any atom is 0.308 e. The number of aryl methyl sites for hydroxylation is 1. The lowest BCUT2D eigenvalue weighted by atomic mass is 9.96. The third-order valence-electron chi connectivity index (χ3n) is 2.82. The molecule has 2 N–H and O–H groups in total. The van der Waals surface area contributed by atoms with Gasteiger partial charge in [-0.25, -0.2) is 0 Å². The minimum absolute atomic E-state index is 0.00660. The Morgan fingerprint density at radius 1 is 1.44 bits per heavy atom. The van der Waals surface area contributed by atoms with E-state index < -0.39 is 11.9 Å². The molecule has 5 heteroatoms. The van der Waals surface area contributed by atoms with Crippen molar-refractivity contribution >= 4 is 11.9 Å². The molecule has 5 nitrogen and oxygen atoms in total. The number of furan rings is 1. The maximum absolute atomic E-state index is 11.5. The van der Waals surface area contributed by atoms with Crippen LogP contribution in [0.5, 0.6) is 0 Å². The fraction of sp³-hybridized carbons (Fsp3) is 0.538. The first kappa shape index (κ1) is 14.3. The highest BCUT2D eigenvalue weighted by Crippen LogP contribution is 2.10. The van der Waals surface area contributed by atoms with E-state index in [-0.39, 0.29) is 18.4 Å². The van der Waals surface area contributed by atoms with E-state index in [0.29, 0.717) is 12.8 Å². The minimum atomic E-state index is -0.878. The van der Waals surface area contributed by atoms with Crippen molar-refractivity contribution in [3.8, 4) is 0 Å². The van der Waals surface area contributed by atoms with E-state index >= 15 is 0 Å². The molecule has 0 aromatic carbocycles. The summed E-state index contributed by atoms with van der Waals surface area (Å²) in [4.78, 5) is 22.5. The van der Waals surface area contributed by atoms with Gasteiger partial charge in [-0.15, -0.1) is 0 Å². The Balaban J connectivity index is 2.29. The van der Waals surface area contributed by atoms with Crippen molar-refractivity contribution < 1.29 is 19.1 Å². The normalized spacial score (nSPS) is 12.4. The second kappa shape index (κ2) is 6.83. The third-order valence-corrected chi connectivity index (χ3v) is 2.82. The fourth-order valence-electron chi connectivity index (χ4n) is 1.61. The molecule has 0 spiro atoms. The molecule has 0 aliphatic carbocycles. The average Bonchev–Trinajstić information content (AvgIpc) is 2.78. The van der Waals surface area contributed by atoms with E-state index in [1.807, 2.05) is 13.8 Å². The van der Waals surface area contributed by atoms with Crippen LogP contribution < -0.4 is 5.32 Å². The summed E-state index contributed by atoms with van der Waals surface area (Å²) in [6, 6.07) is 3.58. The molecule has 1 heterocycles. The van der Waals surface area contributed by atoms with Gasteiger partial charge < -0.3 is 14.8 Å². The van der Waals surface area contributed by atoms with E-state index in [1.54, 1.807) is 18.4 Å². The number of carbonyl (C=O) groups excluding carboxylic acids is 1. The van der Waals surface area contributed by atoms with Crippen LogP contribution in [0.25, 0.3) is 0 Å². The topological polar surface area (TPSA) is 79.5 Å². The predicted octanol–water partition coefficient (Wildman–Crippen LogP) is 1.69. The number of carbonyl (C=O) groups is 2. The number of aliphatic carboxylic acids is 1. The van der Waals surface area contributed by atoms with E-state index in [2.05, 4.69) is 5.32 Å². The van der Waals surface area contributed by atoms with Crippen molar-refractivity contribution in [1.82, 2.24) is 5.32 Å². The first-order chi connectivity index (χ1) is 8.50. The Hall–Kier alpha value is -1.78. The van der Waals surface area contributed by atoms with Gasteiger partial charge in [0.25, 0.3) is 0 Å². The van der Waals surface area contributed by atoms with Gasteiger partial charge in [-0.2, -0.15) is 0 Å². The standard InChI is InChI=1S/C13H19NO4/c1-9(2)11(13(16)17)8-14-12(15)6-5-10-4-3-7-18-10/h3-4,7,9,11H,5-6,8H2,1-2H3,(H,14,15)(H,16,17). The molecule has 18 heavy (non-hydrogen) atoms. The van der Waals surface area contributed by atoms with Crippen LogP contribution in [0, 0.1) is 11.8 Å². The van der Waals surface area contributed by atoms with Crippen LogP contribution >= 0.6 is 0 Å². The average molecular weight is 253 g/mol. The van der Waals surface area contributed by atoms with Crippen LogP contribution in [0.3, 0.4) is 0 Å². The largest absolute Gasteiger partial charge is 0.481 e. The highest BCUT2D eigenvalue weighted by atomic mass is 16.4. The number of hydrogen-bond donors (Lipinski definition) is 2. The summed E-state index contributed by atoms with van der Waals surface area (Å²) in [6.07, 6.45) is 2.39. The van der Waals surface area contributed by atoms with Gasteiger partial charge in [-0.3, -0.25) is 9.59 Å². The molecule has 0 saturated carbocycles. The van der Waals surface area contributed by atoms with Gasteiger partial charge in [0, 0.05) is 19.4 Å². The molecule has 1 atom stereocenters. The Bertz CT molecular complexity index is 384. The van der Waals surface area contributed by atoms with E-state index in [0.717, 1.165) is 5.76 Å². The monoisotopic (exact) mass is 253 g/mol. The van der Waals surface area contributed by atoms with Crippen molar-refractivity contribution in [1.29, 1.82) is 0 Å². The lowest BCUT2D eigenvalue weighted by Crippen LogP contribution is -2.35. The number of nitrogens with one attached hydrogen (secondary N) is 1. The second-order valence-corrected chi connectivity index (χ2v) is 4.57. The van der Waals surface area contributed by atoms with Crippen molar-refractivity contribution in [2.45, 2.75) is 26.7 Å². The summed E-state index contributed by atoms with van der Waals surface area (Å²) in [5, 5.41) is 11.6. The number of hydrogen-bond acceptors (Lipinski definition) is 3. The van der Waals surface area contributed by atoms with Crippen LogP contribution in [-0.2, 0) is 16.0 Å². The Labute approximate surface area is 106 Å².